The van der Waals surface area contributed by atoms with Crippen molar-refractivity contribution in [2.24, 2.45) is 0 Å². The fourth-order valence-electron chi connectivity index (χ4n) is 2.47. The SMILES string of the molecule is O=C(NC1C(=O)CN(C(=O)c2ccccc2)C1=O)c1ccccc1. The van der Waals surface area contributed by atoms with E-state index in [0.29, 0.717) is 11.1 Å². The molecule has 0 bridgehead atoms. The average molecular weight is 322 g/mol. The summed E-state index contributed by atoms with van der Waals surface area (Å²) in [6.07, 6.45) is 0. The Morgan fingerprint density at radius 3 is 2.00 bits per heavy atom. The van der Waals surface area contributed by atoms with Crippen LogP contribution in [0.2, 0.25) is 0 Å². The highest BCUT2D eigenvalue weighted by Crippen LogP contribution is 2.14. The topological polar surface area (TPSA) is 83.6 Å². The van der Waals surface area contributed by atoms with Crippen LogP contribution in [0.3, 0.4) is 0 Å². The number of imide groups is 1. The second-order valence-electron chi connectivity index (χ2n) is 5.33. The number of nitrogens with one attached hydrogen (secondary N) is 1. The number of nitrogens with zero attached hydrogens (tertiary/aromatic N) is 1. The van der Waals surface area contributed by atoms with E-state index in [9.17, 15) is 19.2 Å². The maximum absolute atomic E-state index is 12.4. The molecule has 1 aliphatic rings. The van der Waals surface area contributed by atoms with Crippen molar-refractivity contribution in [3.8, 4) is 0 Å². The van der Waals surface area contributed by atoms with Crippen LogP contribution in [-0.4, -0.2) is 41.0 Å². The van der Waals surface area contributed by atoms with Gasteiger partial charge in [-0.15, -0.1) is 0 Å². The second-order valence-corrected chi connectivity index (χ2v) is 5.33. The Morgan fingerprint density at radius 1 is 0.875 bits per heavy atom. The van der Waals surface area contributed by atoms with Crippen LogP contribution < -0.4 is 5.32 Å². The molecule has 1 atom stereocenters. The molecule has 120 valence electrons. The highest BCUT2D eigenvalue weighted by atomic mass is 16.2. The lowest BCUT2D eigenvalue weighted by molar-refractivity contribution is -0.128. The lowest BCUT2D eigenvalue weighted by Crippen LogP contribution is -2.45. The summed E-state index contributed by atoms with van der Waals surface area (Å²) < 4.78 is 0. The molecule has 3 amide bonds. The average Bonchev–Trinajstić information content (AvgIpc) is 2.90. The molecule has 1 unspecified atom stereocenters. The van der Waals surface area contributed by atoms with E-state index < -0.39 is 29.5 Å². The summed E-state index contributed by atoms with van der Waals surface area (Å²) in [5.41, 5.74) is 0.652. The lowest BCUT2D eigenvalue weighted by atomic mass is 10.1. The third-order valence-electron chi connectivity index (χ3n) is 3.73. The first-order chi connectivity index (χ1) is 11.6. The van der Waals surface area contributed by atoms with E-state index in [1.165, 1.54) is 0 Å². The zero-order valence-corrected chi connectivity index (χ0v) is 12.6. The van der Waals surface area contributed by atoms with Crippen molar-refractivity contribution in [1.82, 2.24) is 10.2 Å². The lowest BCUT2D eigenvalue weighted by Gasteiger charge is -2.14. The zero-order chi connectivity index (χ0) is 17.1. The molecular formula is C18H14N2O4. The van der Waals surface area contributed by atoms with Gasteiger partial charge in [0.25, 0.3) is 17.7 Å². The Morgan fingerprint density at radius 2 is 1.42 bits per heavy atom. The normalized spacial score (nSPS) is 17.0. The van der Waals surface area contributed by atoms with E-state index in [-0.39, 0.29) is 6.54 Å². The number of hydrogen-bond acceptors (Lipinski definition) is 4. The van der Waals surface area contributed by atoms with Crippen molar-refractivity contribution in [2.45, 2.75) is 6.04 Å². The maximum atomic E-state index is 12.4. The monoisotopic (exact) mass is 322 g/mol. The Hall–Kier alpha value is -3.28. The fraction of sp³-hybridized carbons (Fsp3) is 0.111. The van der Waals surface area contributed by atoms with E-state index in [1.54, 1.807) is 60.7 Å². The largest absolute Gasteiger partial charge is 0.334 e. The molecule has 1 saturated heterocycles. The molecule has 6 nitrogen and oxygen atoms in total. The van der Waals surface area contributed by atoms with Gasteiger partial charge in [-0.05, 0) is 24.3 Å². The number of benzene rings is 2. The Balaban J connectivity index is 1.75. The van der Waals surface area contributed by atoms with Gasteiger partial charge in [0, 0.05) is 11.1 Å². The highest BCUT2D eigenvalue weighted by molar-refractivity contribution is 6.22. The molecule has 1 heterocycles. The molecule has 0 aromatic heterocycles. The molecule has 0 radical (unpaired) electrons. The van der Waals surface area contributed by atoms with Crippen molar-refractivity contribution in [3.05, 3.63) is 71.8 Å². The Labute approximate surface area is 138 Å². The molecule has 0 spiro atoms. The predicted molar refractivity (Wildman–Crippen MR) is 85.2 cm³/mol. The van der Waals surface area contributed by atoms with Gasteiger partial charge in [-0.1, -0.05) is 36.4 Å². The summed E-state index contributed by atoms with van der Waals surface area (Å²) in [6.45, 7) is -0.341. The Bertz CT molecular complexity index is 802. The molecule has 24 heavy (non-hydrogen) atoms. The van der Waals surface area contributed by atoms with Gasteiger partial charge in [0.1, 0.15) is 0 Å². The van der Waals surface area contributed by atoms with Crippen LogP contribution in [0.5, 0.6) is 0 Å². The first-order valence-corrected chi connectivity index (χ1v) is 7.37. The standard InChI is InChI=1S/C18H14N2O4/c21-14-11-20(17(23)13-9-5-2-6-10-13)18(24)15(14)19-16(22)12-7-3-1-4-8-12/h1-10,15H,11H2,(H,19,22). The second kappa shape index (κ2) is 6.45. The van der Waals surface area contributed by atoms with Crippen molar-refractivity contribution >= 4 is 23.5 Å². The van der Waals surface area contributed by atoms with Gasteiger partial charge in [0.05, 0.1) is 6.54 Å². The number of amides is 3. The van der Waals surface area contributed by atoms with Gasteiger partial charge >= 0.3 is 0 Å². The summed E-state index contributed by atoms with van der Waals surface area (Å²) in [7, 11) is 0. The smallest absolute Gasteiger partial charge is 0.260 e. The molecule has 1 N–H and O–H groups in total. The summed E-state index contributed by atoms with van der Waals surface area (Å²) >= 11 is 0. The van der Waals surface area contributed by atoms with Crippen LogP contribution in [0, 0.1) is 0 Å². The maximum Gasteiger partial charge on any atom is 0.260 e. The molecular weight excluding hydrogens is 308 g/mol. The molecule has 1 fully saturated rings. The molecule has 0 saturated carbocycles. The number of rotatable bonds is 3. The minimum atomic E-state index is -1.33. The van der Waals surface area contributed by atoms with Gasteiger partial charge < -0.3 is 5.32 Å². The summed E-state index contributed by atoms with van der Waals surface area (Å²) in [4.78, 5) is 49.8. The third-order valence-corrected chi connectivity index (χ3v) is 3.73. The van der Waals surface area contributed by atoms with Crippen molar-refractivity contribution < 1.29 is 19.2 Å². The molecule has 1 aliphatic heterocycles. The number of hydrogen-bond donors (Lipinski definition) is 1. The van der Waals surface area contributed by atoms with Gasteiger partial charge in [-0.3, -0.25) is 24.1 Å². The van der Waals surface area contributed by atoms with Crippen LogP contribution in [0.15, 0.2) is 60.7 Å². The number of likely N-dealkylation sites (tertiary alicyclic amines) is 1. The molecule has 0 aliphatic carbocycles. The Kier molecular flexibility index (Phi) is 4.20. The van der Waals surface area contributed by atoms with Crippen LogP contribution in [-0.2, 0) is 9.59 Å². The van der Waals surface area contributed by atoms with Gasteiger partial charge in [-0.25, -0.2) is 0 Å². The molecule has 2 aromatic rings. The van der Waals surface area contributed by atoms with E-state index in [2.05, 4.69) is 5.32 Å². The fourth-order valence-corrected chi connectivity index (χ4v) is 2.47. The summed E-state index contributed by atoms with van der Waals surface area (Å²) in [5.74, 6) is -2.30. The highest BCUT2D eigenvalue weighted by Gasteiger charge is 2.43. The molecule has 3 rings (SSSR count). The number of ketones is 1. The number of carbonyl (C=O) groups excluding carboxylic acids is 4. The molecule has 6 heteroatoms. The van der Waals surface area contributed by atoms with E-state index in [4.69, 9.17) is 0 Å². The summed E-state index contributed by atoms with van der Waals surface area (Å²) in [5, 5.41) is 2.40. The van der Waals surface area contributed by atoms with E-state index in [0.717, 1.165) is 4.90 Å². The molecule has 2 aromatic carbocycles. The van der Waals surface area contributed by atoms with Crippen LogP contribution in [0.4, 0.5) is 0 Å². The third kappa shape index (κ3) is 2.94. The van der Waals surface area contributed by atoms with Crippen LogP contribution >= 0.6 is 0 Å². The van der Waals surface area contributed by atoms with Crippen LogP contribution in [0.25, 0.3) is 0 Å². The van der Waals surface area contributed by atoms with Gasteiger partial charge in [0.15, 0.2) is 11.8 Å². The number of carbonyl (C=O) groups is 4. The zero-order valence-electron chi connectivity index (χ0n) is 12.6. The minimum Gasteiger partial charge on any atom is -0.334 e. The number of Topliss-reactive ketones (excluding diaryl/α,β-unsaturated/α-hetero) is 1. The minimum absolute atomic E-state index is 0.314. The van der Waals surface area contributed by atoms with E-state index in [1.807, 2.05) is 0 Å². The van der Waals surface area contributed by atoms with Crippen LogP contribution in [0.1, 0.15) is 20.7 Å². The van der Waals surface area contributed by atoms with Gasteiger partial charge in [-0.2, -0.15) is 0 Å². The first-order valence-electron chi connectivity index (χ1n) is 7.37. The van der Waals surface area contributed by atoms with Crippen molar-refractivity contribution in [2.75, 3.05) is 6.54 Å². The van der Waals surface area contributed by atoms with Gasteiger partial charge in [0.2, 0.25) is 0 Å². The first kappa shape index (κ1) is 15.6. The van der Waals surface area contributed by atoms with E-state index >= 15 is 0 Å². The van der Waals surface area contributed by atoms with Crippen molar-refractivity contribution in [3.63, 3.8) is 0 Å². The summed E-state index contributed by atoms with van der Waals surface area (Å²) in [6, 6.07) is 15.2. The quantitative estimate of drug-likeness (QED) is 0.676. The predicted octanol–water partition coefficient (Wildman–Crippen LogP) is 1.04. The van der Waals surface area contributed by atoms with Crippen molar-refractivity contribution in [1.29, 1.82) is 0 Å².